The van der Waals surface area contributed by atoms with Crippen LogP contribution < -0.4 is 11.1 Å². The Balaban J connectivity index is 2.15. The number of anilines is 1. The second kappa shape index (κ2) is 4.70. The van der Waals surface area contributed by atoms with Gasteiger partial charge in [0.05, 0.1) is 11.2 Å². The number of nitrogens with two attached hydrogens (primary N) is 1. The summed E-state index contributed by atoms with van der Waals surface area (Å²) in [6.45, 7) is 5.84. The molecule has 5 heteroatoms. The van der Waals surface area contributed by atoms with E-state index < -0.39 is 0 Å². The summed E-state index contributed by atoms with van der Waals surface area (Å²) in [6.07, 6.45) is 0. The zero-order valence-corrected chi connectivity index (χ0v) is 13.0. The molecule has 1 amide bonds. The third-order valence-electron chi connectivity index (χ3n) is 3.12. The number of benzene rings is 1. The Labute approximate surface area is 127 Å². The van der Waals surface area contributed by atoms with Gasteiger partial charge in [-0.3, -0.25) is 4.79 Å². The van der Waals surface area contributed by atoms with E-state index in [0.29, 0.717) is 10.6 Å². The summed E-state index contributed by atoms with van der Waals surface area (Å²) in [5.74, 6) is -0.146. The SMILES string of the molecule is CC(C)(C)NC(=O)c1sc2nc3ccccc3cc2c1N. The fourth-order valence-electron chi connectivity index (χ4n) is 2.21. The molecule has 21 heavy (non-hydrogen) atoms. The highest BCUT2D eigenvalue weighted by Crippen LogP contribution is 2.34. The normalized spacial score (nSPS) is 12.0. The Morgan fingerprint density at radius 1 is 1.29 bits per heavy atom. The number of hydrogen-bond acceptors (Lipinski definition) is 4. The number of carbonyl (C=O) groups is 1. The molecule has 2 heterocycles. The molecule has 0 saturated heterocycles. The summed E-state index contributed by atoms with van der Waals surface area (Å²) < 4.78 is 0. The zero-order valence-electron chi connectivity index (χ0n) is 12.2. The molecule has 2 aromatic heterocycles. The lowest BCUT2D eigenvalue weighted by Crippen LogP contribution is -2.40. The standard InChI is InChI=1S/C16H17N3OS/c1-16(2,3)19-14(20)13-12(17)10-8-9-6-4-5-7-11(9)18-15(10)21-13/h4-8H,17H2,1-3H3,(H,19,20). The lowest BCUT2D eigenvalue weighted by atomic mass is 10.1. The topological polar surface area (TPSA) is 68.0 Å². The predicted octanol–water partition coefficient (Wildman–Crippen LogP) is 3.56. The number of hydrogen-bond donors (Lipinski definition) is 2. The molecule has 108 valence electrons. The molecule has 0 atom stereocenters. The first-order chi connectivity index (χ1) is 9.85. The van der Waals surface area contributed by atoms with Gasteiger partial charge in [-0.25, -0.2) is 4.98 Å². The number of pyridine rings is 1. The maximum Gasteiger partial charge on any atom is 0.263 e. The van der Waals surface area contributed by atoms with Crippen LogP contribution in [-0.4, -0.2) is 16.4 Å². The Morgan fingerprint density at radius 3 is 2.71 bits per heavy atom. The second-order valence-electron chi connectivity index (χ2n) is 6.08. The lowest BCUT2D eigenvalue weighted by Gasteiger charge is -2.19. The van der Waals surface area contributed by atoms with E-state index in [9.17, 15) is 4.79 Å². The first-order valence-corrected chi connectivity index (χ1v) is 7.57. The monoisotopic (exact) mass is 299 g/mol. The van der Waals surface area contributed by atoms with E-state index in [2.05, 4.69) is 10.3 Å². The van der Waals surface area contributed by atoms with Gasteiger partial charge in [-0.2, -0.15) is 0 Å². The maximum atomic E-state index is 12.3. The van der Waals surface area contributed by atoms with Gasteiger partial charge in [0.2, 0.25) is 0 Å². The molecule has 0 saturated carbocycles. The van der Waals surface area contributed by atoms with Crippen molar-refractivity contribution in [3.8, 4) is 0 Å². The molecule has 3 aromatic rings. The fraction of sp³-hybridized carbons (Fsp3) is 0.250. The fourth-order valence-corrected chi connectivity index (χ4v) is 3.19. The maximum absolute atomic E-state index is 12.3. The highest BCUT2D eigenvalue weighted by molar-refractivity contribution is 7.21. The van der Waals surface area contributed by atoms with Crippen LogP contribution >= 0.6 is 11.3 Å². The molecule has 1 aromatic carbocycles. The van der Waals surface area contributed by atoms with Crippen LogP contribution in [0.2, 0.25) is 0 Å². The smallest absolute Gasteiger partial charge is 0.263 e. The molecule has 0 spiro atoms. The quantitative estimate of drug-likeness (QED) is 0.722. The molecule has 0 aliphatic carbocycles. The van der Waals surface area contributed by atoms with Crippen molar-refractivity contribution < 1.29 is 4.79 Å². The minimum Gasteiger partial charge on any atom is -0.397 e. The molecule has 3 rings (SSSR count). The van der Waals surface area contributed by atoms with Gasteiger partial charge < -0.3 is 11.1 Å². The number of fused-ring (bicyclic) bond motifs is 2. The third kappa shape index (κ3) is 2.56. The number of aromatic nitrogens is 1. The molecule has 3 N–H and O–H groups in total. The van der Waals surface area contributed by atoms with E-state index in [0.717, 1.165) is 21.1 Å². The summed E-state index contributed by atoms with van der Waals surface area (Å²) in [6, 6.07) is 9.86. The number of para-hydroxylation sites is 1. The molecule has 0 unspecified atom stereocenters. The number of nitrogen functional groups attached to an aromatic ring is 1. The number of nitrogens with one attached hydrogen (secondary N) is 1. The van der Waals surface area contributed by atoms with E-state index in [-0.39, 0.29) is 11.4 Å². The first kappa shape index (κ1) is 13.8. The van der Waals surface area contributed by atoms with Crippen LogP contribution in [0.1, 0.15) is 30.4 Å². The average Bonchev–Trinajstić information content (AvgIpc) is 2.71. The highest BCUT2D eigenvalue weighted by atomic mass is 32.1. The van der Waals surface area contributed by atoms with Crippen molar-refractivity contribution in [2.24, 2.45) is 0 Å². The van der Waals surface area contributed by atoms with Crippen molar-refractivity contribution in [2.75, 3.05) is 5.73 Å². The van der Waals surface area contributed by atoms with Gasteiger partial charge in [-0.05, 0) is 32.9 Å². The molecule has 0 aliphatic heterocycles. The molecule has 0 fully saturated rings. The molecule has 0 radical (unpaired) electrons. The van der Waals surface area contributed by atoms with Crippen molar-refractivity contribution in [2.45, 2.75) is 26.3 Å². The summed E-state index contributed by atoms with van der Waals surface area (Å²) in [4.78, 5) is 18.3. The highest BCUT2D eigenvalue weighted by Gasteiger charge is 2.21. The van der Waals surface area contributed by atoms with Gasteiger partial charge in [0.15, 0.2) is 0 Å². The Morgan fingerprint density at radius 2 is 2.00 bits per heavy atom. The van der Waals surface area contributed by atoms with Crippen LogP contribution in [0.5, 0.6) is 0 Å². The van der Waals surface area contributed by atoms with Crippen LogP contribution in [0.3, 0.4) is 0 Å². The van der Waals surface area contributed by atoms with Crippen molar-refractivity contribution >= 4 is 44.1 Å². The van der Waals surface area contributed by atoms with Crippen LogP contribution in [0.15, 0.2) is 30.3 Å². The Kier molecular flexibility index (Phi) is 3.10. The van der Waals surface area contributed by atoms with Crippen molar-refractivity contribution in [3.63, 3.8) is 0 Å². The van der Waals surface area contributed by atoms with E-state index in [1.807, 2.05) is 51.1 Å². The van der Waals surface area contributed by atoms with Crippen LogP contribution in [0, 0.1) is 0 Å². The van der Waals surface area contributed by atoms with E-state index in [1.165, 1.54) is 11.3 Å². The predicted molar refractivity (Wildman–Crippen MR) is 88.8 cm³/mol. The summed E-state index contributed by atoms with van der Waals surface area (Å²) in [7, 11) is 0. The Hall–Kier alpha value is -2.14. The van der Waals surface area contributed by atoms with Crippen LogP contribution in [-0.2, 0) is 0 Å². The number of amides is 1. The van der Waals surface area contributed by atoms with E-state index in [4.69, 9.17) is 5.73 Å². The summed E-state index contributed by atoms with van der Waals surface area (Å²) >= 11 is 1.34. The molecule has 0 aliphatic rings. The summed E-state index contributed by atoms with van der Waals surface area (Å²) in [5, 5.41) is 4.81. The second-order valence-corrected chi connectivity index (χ2v) is 7.08. The number of rotatable bonds is 1. The minimum absolute atomic E-state index is 0.146. The van der Waals surface area contributed by atoms with Gasteiger partial charge >= 0.3 is 0 Å². The van der Waals surface area contributed by atoms with Gasteiger partial charge in [0.25, 0.3) is 5.91 Å². The van der Waals surface area contributed by atoms with Gasteiger partial charge in [-0.15, -0.1) is 11.3 Å². The first-order valence-electron chi connectivity index (χ1n) is 6.75. The summed E-state index contributed by atoms with van der Waals surface area (Å²) in [5.41, 5.74) is 7.29. The van der Waals surface area contributed by atoms with E-state index >= 15 is 0 Å². The molecule has 0 bridgehead atoms. The third-order valence-corrected chi connectivity index (χ3v) is 4.23. The molecular formula is C16H17N3OS. The van der Waals surface area contributed by atoms with Crippen LogP contribution in [0.4, 0.5) is 5.69 Å². The number of carbonyl (C=O) groups excluding carboxylic acids is 1. The van der Waals surface area contributed by atoms with Crippen LogP contribution in [0.25, 0.3) is 21.1 Å². The average molecular weight is 299 g/mol. The van der Waals surface area contributed by atoms with Crippen molar-refractivity contribution in [1.29, 1.82) is 0 Å². The minimum atomic E-state index is -0.294. The van der Waals surface area contributed by atoms with Gasteiger partial charge in [0.1, 0.15) is 9.71 Å². The molecule has 4 nitrogen and oxygen atoms in total. The van der Waals surface area contributed by atoms with Crippen molar-refractivity contribution in [1.82, 2.24) is 10.3 Å². The molecular weight excluding hydrogens is 282 g/mol. The Bertz CT molecular complexity index is 846. The van der Waals surface area contributed by atoms with Crippen molar-refractivity contribution in [3.05, 3.63) is 35.2 Å². The largest absolute Gasteiger partial charge is 0.397 e. The van der Waals surface area contributed by atoms with Gasteiger partial charge in [0, 0.05) is 16.3 Å². The lowest BCUT2D eigenvalue weighted by molar-refractivity contribution is 0.0924. The zero-order chi connectivity index (χ0) is 15.2. The number of thiophene rings is 1. The van der Waals surface area contributed by atoms with E-state index in [1.54, 1.807) is 0 Å². The van der Waals surface area contributed by atoms with Gasteiger partial charge in [-0.1, -0.05) is 18.2 Å². The number of nitrogens with zero attached hydrogens (tertiary/aromatic N) is 1.